The van der Waals surface area contributed by atoms with Gasteiger partial charge in [-0.15, -0.1) is 0 Å². The number of nitrogens with one attached hydrogen (secondary N) is 2. The van der Waals surface area contributed by atoms with E-state index in [1.54, 1.807) is 12.1 Å². The molecule has 0 saturated carbocycles. The summed E-state index contributed by atoms with van der Waals surface area (Å²) in [6.07, 6.45) is 0. The molecule has 5 rings (SSSR count). The number of anilines is 4. The molecule has 11 heteroatoms. The molecule has 1 aliphatic heterocycles. The van der Waals surface area contributed by atoms with Gasteiger partial charge in [-0.3, -0.25) is 9.59 Å². The summed E-state index contributed by atoms with van der Waals surface area (Å²) in [5, 5.41) is 16.2. The fourth-order valence-electron chi connectivity index (χ4n) is 5.01. The number of furan rings is 1. The molecule has 2 heterocycles. The molecule has 0 unspecified atom stereocenters. The molecule has 3 N–H and O–H groups in total. The maximum absolute atomic E-state index is 14.2. The van der Waals surface area contributed by atoms with Crippen molar-refractivity contribution in [1.29, 1.82) is 0 Å². The highest BCUT2D eigenvalue weighted by atomic mass is 35.5. The van der Waals surface area contributed by atoms with Crippen LogP contribution in [0.2, 0.25) is 5.02 Å². The van der Waals surface area contributed by atoms with Gasteiger partial charge in [-0.05, 0) is 42.7 Å². The molecular formula is C30H26ClF2N3O5. The summed E-state index contributed by atoms with van der Waals surface area (Å²) in [5.41, 5.74) is -0.706. The molecule has 0 radical (unpaired) electrons. The molecule has 0 fully saturated rings. The van der Waals surface area contributed by atoms with Gasteiger partial charge < -0.3 is 25.1 Å². The molecule has 0 spiro atoms. The van der Waals surface area contributed by atoms with Crippen molar-refractivity contribution in [1.82, 2.24) is 0 Å². The summed E-state index contributed by atoms with van der Waals surface area (Å²) >= 11 is 6.47. The maximum Gasteiger partial charge on any atom is 0.337 e. The van der Waals surface area contributed by atoms with Crippen LogP contribution in [-0.2, 0) is 6.54 Å². The average Bonchev–Trinajstić information content (AvgIpc) is 3.48. The zero-order valence-corrected chi connectivity index (χ0v) is 23.4. The summed E-state index contributed by atoms with van der Waals surface area (Å²) < 4.78 is 33.9. The Hall–Kier alpha value is -4.44. The van der Waals surface area contributed by atoms with E-state index in [2.05, 4.69) is 17.2 Å². The van der Waals surface area contributed by atoms with Crippen LogP contribution in [0.3, 0.4) is 0 Å². The van der Waals surface area contributed by atoms with Gasteiger partial charge in [-0.2, -0.15) is 0 Å². The first-order valence-corrected chi connectivity index (χ1v) is 13.0. The van der Waals surface area contributed by atoms with Crippen LogP contribution in [0.25, 0.3) is 5.70 Å². The molecule has 1 aromatic heterocycles. The van der Waals surface area contributed by atoms with Crippen molar-refractivity contribution in [2.75, 3.05) is 15.5 Å². The first-order chi connectivity index (χ1) is 19.2. The van der Waals surface area contributed by atoms with Crippen molar-refractivity contribution in [2.24, 2.45) is 5.41 Å². The van der Waals surface area contributed by atoms with E-state index < -0.39 is 45.5 Å². The van der Waals surface area contributed by atoms with E-state index in [0.717, 1.165) is 6.07 Å². The van der Waals surface area contributed by atoms with Crippen LogP contribution in [0.15, 0.2) is 57.0 Å². The Morgan fingerprint density at radius 2 is 1.76 bits per heavy atom. The van der Waals surface area contributed by atoms with E-state index >= 15 is 0 Å². The Labute approximate surface area is 238 Å². The minimum Gasteiger partial charge on any atom is -0.478 e. The normalized spacial score (nSPS) is 13.9. The molecule has 8 nitrogen and oxygen atoms in total. The zero-order chi connectivity index (χ0) is 30.0. The van der Waals surface area contributed by atoms with Gasteiger partial charge in [0, 0.05) is 33.6 Å². The predicted molar refractivity (Wildman–Crippen MR) is 154 cm³/mol. The highest BCUT2D eigenvalue weighted by Crippen LogP contribution is 2.45. The minimum absolute atomic E-state index is 0.00878. The van der Waals surface area contributed by atoms with Crippen LogP contribution < -0.4 is 26.4 Å². The van der Waals surface area contributed by atoms with Crippen LogP contribution >= 0.6 is 11.6 Å². The second-order valence-corrected chi connectivity index (χ2v) is 11.4. The van der Waals surface area contributed by atoms with Crippen molar-refractivity contribution in [3.8, 4) is 0 Å². The molecule has 41 heavy (non-hydrogen) atoms. The van der Waals surface area contributed by atoms with E-state index in [1.165, 1.54) is 4.90 Å². The number of aromatic carboxylic acids is 1. The van der Waals surface area contributed by atoms with Gasteiger partial charge >= 0.3 is 5.97 Å². The number of aryl methyl sites for hydroxylation is 1. The number of fused-ring (bicyclic) bond motifs is 1. The molecule has 0 aliphatic carbocycles. The molecule has 212 valence electrons. The molecule has 3 aromatic carbocycles. The van der Waals surface area contributed by atoms with E-state index in [0.29, 0.717) is 39.4 Å². The monoisotopic (exact) mass is 581 g/mol. The second-order valence-electron chi connectivity index (χ2n) is 11.0. The Morgan fingerprint density at radius 3 is 2.37 bits per heavy atom. The summed E-state index contributed by atoms with van der Waals surface area (Å²) in [6, 6.07) is 7.75. The molecule has 1 aliphatic rings. The molecular weight excluding hydrogens is 556 g/mol. The van der Waals surface area contributed by atoms with E-state index in [4.69, 9.17) is 16.0 Å². The lowest BCUT2D eigenvalue weighted by molar-refractivity contribution is 0.0697. The first-order valence-electron chi connectivity index (χ1n) is 12.6. The summed E-state index contributed by atoms with van der Waals surface area (Å²) in [7, 11) is 0. The first kappa shape index (κ1) is 28.1. The Kier molecular flexibility index (Phi) is 6.77. The van der Waals surface area contributed by atoms with Crippen molar-refractivity contribution >= 4 is 46.0 Å². The van der Waals surface area contributed by atoms with Gasteiger partial charge in [0.1, 0.15) is 22.9 Å². The van der Waals surface area contributed by atoms with Gasteiger partial charge in [0.25, 0.3) is 10.9 Å². The van der Waals surface area contributed by atoms with Gasteiger partial charge in [0.2, 0.25) is 0 Å². The predicted octanol–water partition coefficient (Wildman–Crippen LogP) is 6.75. The number of nitrogens with zero attached hydrogens (tertiary/aromatic N) is 1. The van der Waals surface area contributed by atoms with Crippen molar-refractivity contribution in [3.63, 3.8) is 0 Å². The number of halogens is 3. The number of hydrogen-bond acceptors (Lipinski definition) is 7. The summed E-state index contributed by atoms with van der Waals surface area (Å²) in [6.45, 7) is 11.8. The van der Waals surface area contributed by atoms with Crippen molar-refractivity contribution in [2.45, 2.75) is 40.3 Å². The number of benzene rings is 2. The van der Waals surface area contributed by atoms with Gasteiger partial charge in [0.15, 0.2) is 11.6 Å². The number of carboxylic acids is 1. The van der Waals surface area contributed by atoms with Gasteiger partial charge in [-0.1, -0.05) is 39.0 Å². The van der Waals surface area contributed by atoms with Crippen LogP contribution in [0, 0.1) is 24.0 Å². The smallest absolute Gasteiger partial charge is 0.337 e. The fourth-order valence-corrected chi connectivity index (χ4v) is 5.23. The molecule has 0 amide bonds. The van der Waals surface area contributed by atoms with Crippen LogP contribution in [0.5, 0.6) is 0 Å². The van der Waals surface area contributed by atoms with Crippen molar-refractivity contribution < 1.29 is 23.1 Å². The maximum atomic E-state index is 14.2. The molecule has 0 bridgehead atoms. The SMILES string of the molecule is C=C1c2c(Nc3c(N[C@@H](c4ccc(C)o4)C(C)(C)C)c(=O)c3=O)ccc(Cl)c2CN1c1cc(F)c(F)cc1C(=O)O. The number of hydrogen-bond donors (Lipinski definition) is 3. The van der Waals surface area contributed by atoms with Crippen LogP contribution in [-0.4, -0.2) is 11.1 Å². The van der Waals surface area contributed by atoms with Crippen molar-refractivity contribution in [3.05, 3.63) is 108 Å². The number of rotatable bonds is 7. The quantitative estimate of drug-likeness (QED) is 0.206. The molecule has 0 saturated heterocycles. The lowest BCUT2D eigenvalue weighted by Crippen LogP contribution is -2.39. The topological polar surface area (TPSA) is 112 Å². The lowest BCUT2D eigenvalue weighted by atomic mass is 9.85. The van der Waals surface area contributed by atoms with E-state index in [9.17, 15) is 28.3 Å². The van der Waals surface area contributed by atoms with E-state index in [-0.39, 0.29) is 29.3 Å². The summed E-state index contributed by atoms with van der Waals surface area (Å²) in [4.78, 5) is 38.7. The average molecular weight is 582 g/mol. The third-order valence-corrected chi connectivity index (χ3v) is 7.47. The number of carboxylic acid groups (broad SMARTS) is 1. The van der Waals surface area contributed by atoms with Gasteiger partial charge in [-0.25, -0.2) is 13.6 Å². The third-order valence-electron chi connectivity index (χ3n) is 7.12. The van der Waals surface area contributed by atoms with Crippen LogP contribution in [0.1, 0.15) is 59.8 Å². The minimum atomic E-state index is -1.45. The summed E-state index contributed by atoms with van der Waals surface area (Å²) in [5.74, 6) is -2.67. The highest BCUT2D eigenvalue weighted by Gasteiger charge is 2.35. The largest absolute Gasteiger partial charge is 0.478 e. The zero-order valence-electron chi connectivity index (χ0n) is 22.6. The lowest BCUT2D eigenvalue weighted by Gasteiger charge is -2.31. The number of carbonyl (C=O) groups is 1. The third kappa shape index (κ3) is 4.78. The van der Waals surface area contributed by atoms with Gasteiger partial charge in [0.05, 0.1) is 23.8 Å². The fraction of sp³-hybridized carbons (Fsp3) is 0.233. The molecule has 1 atom stereocenters. The second kappa shape index (κ2) is 9.88. The highest BCUT2D eigenvalue weighted by molar-refractivity contribution is 6.32. The van der Waals surface area contributed by atoms with Crippen LogP contribution in [0.4, 0.5) is 31.5 Å². The molecule has 4 aromatic rings. The Morgan fingerprint density at radius 1 is 1.10 bits per heavy atom. The Balaban J connectivity index is 1.53. The standard InChI is InChI=1S/C30H26ClF2N3O5/c1-13-6-9-22(41-13)28(30(3,4)5)35-25-24(26(37)27(25)38)34-20-8-7-17(31)16-12-36(14(2)23(16)20)21-11-19(33)18(32)10-15(21)29(39)40/h6-11,28,34-35H,2,12H2,1,3-5H3,(H,39,40)/t28-/m0/s1. The Bertz CT molecular complexity index is 1810. The van der Waals surface area contributed by atoms with E-state index in [1.807, 2.05) is 39.8 Å².